The predicted octanol–water partition coefficient (Wildman–Crippen LogP) is 4.67. The van der Waals surface area contributed by atoms with Crippen LogP contribution < -0.4 is 10.3 Å². The van der Waals surface area contributed by atoms with Crippen LogP contribution in [-0.2, 0) is 0 Å². The largest absolute Gasteiger partial charge is 0.354 e. The maximum Gasteiger partial charge on any atom is 0.213 e. The Labute approximate surface area is 123 Å². The highest BCUT2D eigenvalue weighted by Gasteiger charge is 2.10. The Bertz CT molecular complexity index is 781. The lowest BCUT2D eigenvalue weighted by Crippen LogP contribution is -2.09. The molecule has 3 rings (SSSR count). The van der Waals surface area contributed by atoms with Crippen molar-refractivity contribution in [2.24, 2.45) is 0 Å². The van der Waals surface area contributed by atoms with Crippen molar-refractivity contribution in [1.82, 2.24) is 0 Å². The van der Waals surface area contributed by atoms with Crippen molar-refractivity contribution in [2.45, 2.75) is 13.8 Å². The number of halogens is 1. The van der Waals surface area contributed by atoms with Gasteiger partial charge in [0, 0.05) is 29.8 Å². The zero-order valence-corrected chi connectivity index (χ0v) is 12.3. The number of rotatable bonds is 2. The Kier molecular flexibility index (Phi) is 3.33. The number of hydrogen-bond acceptors (Lipinski definition) is 1. The van der Waals surface area contributed by atoms with Crippen LogP contribution in [0.1, 0.15) is 11.3 Å². The van der Waals surface area contributed by atoms with Crippen LogP contribution in [0.5, 0.6) is 0 Å². The van der Waals surface area contributed by atoms with Crippen LogP contribution in [0.2, 0.25) is 5.02 Å². The number of nitrogens with one attached hydrogen (secondary N) is 2. The Morgan fingerprint density at radius 3 is 2.60 bits per heavy atom. The molecule has 1 aromatic heterocycles. The van der Waals surface area contributed by atoms with E-state index in [0.29, 0.717) is 0 Å². The third kappa shape index (κ3) is 2.35. The first-order valence-corrected chi connectivity index (χ1v) is 6.97. The van der Waals surface area contributed by atoms with Crippen molar-refractivity contribution in [3.05, 3.63) is 64.8 Å². The molecule has 0 amide bonds. The van der Waals surface area contributed by atoms with E-state index in [-0.39, 0.29) is 0 Å². The molecule has 0 atom stereocenters. The molecule has 0 aliphatic rings. The molecule has 0 spiro atoms. The number of aromatic amines is 1. The van der Waals surface area contributed by atoms with Crippen molar-refractivity contribution in [2.75, 3.05) is 5.32 Å². The van der Waals surface area contributed by atoms with Gasteiger partial charge in [-0.15, -0.1) is 0 Å². The fourth-order valence-corrected chi connectivity index (χ4v) is 2.54. The fourth-order valence-electron chi connectivity index (χ4n) is 2.36. The highest BCUT2D eigenvalue weighted by atomic mass is 35.5. The van der Waals surface area contributed by atoms with Gasteiger partial charge in [0.25, 0.3) is 0 Å². The molecule has 2 aromatic carbocycles. The van der Waals surface area contributed by atoms with Crippen LogP contribution >= 0.6 is 11.6 Å². The van der Waals surface area contributed by atoms with Gasteiger partial charge < -0.3 is 5.32 Å². The second-order valence-electron chi connectivity index (χ2n) is 4.95. The molecule has 2 nitrogen and oxygen atoms in total. The lowest BCUT2D eigenvalue weighted by Gasteiger charge is -2.11. The molecule has 0 fully saturated rings. The summed E-state index contributed by atoms with van der Waals surface area (Å²) >= 11 is 6.18. The van der Waals surface area contributed by atoms with Crippen molar-refractivity contribution in [3.8, 4) is 0 Å². The van der Waals surface area contributed by atoms with Gasteiger partial charge in [-0.1, -0.05) is 29.8 Å². The third-order valence-corrected chi connectivity index (χ3v) is 3.86. The number of aromatic nitrogens is 1. The Morgan fingerprint density at radius 1 is 0.950 bits per heavy atom. The minimum Gasteiger partial charge on any atom is -0.354 e. The molecule has 0 aliphatic heterocycles. The van der Waals surface area contributed by atoms with E-state index in [1.54, 1.807) is 0 Å². The molecular formula is C17H16ClN2+. The molecule has 0 unspecified atom stereocenters. The molecule has 0 saturated carbocycles. The predicted molar refractivity (Wildman–Crippen MR) is 84.7 cm³/mol. The first kappa shape index (κ1) is 12.9. The third-order valence-electron chi connectivity index (χ3n) is 3.45. The molecule has 2 N–H and O–H groups in total. The minimum absolute atomic E-state index is 0.776. The van der Waals surface area contributed by atoms with Crippen LogP contribution in [0.15, 0.2) is 48.5 Å². The van der Waals surface area contributed by atoms with E-state index >= 15 is 0 Å². The second-order valence-corrected chi connectivity index (χ2v) is 5.36. The zero-order chi connectivity index (χ0) is 14.1. The number of H-pyrrole nitrogens is 1. The summed E-state index contributed by atoms with van der Waals surface area (Å²) in [4.78, 5) is 3.38. The number of hydrogen-bond donors (Lipinski definition) is 1. The SMILES string of the molecule is Cc1cc(Nc2cccc(Cl)c2C)c2ccccc2[nH+]1. The van der Waals surface area contributed by atoms with Gasteiger partial charge in [0.05, 0.1) is 11.1 Å². The Hall–Kier alpha value is -2.06. The normalized spacial score (nSPS) is 10.8. The van der Waals surface area contributed by atoms with Crippen LogP contribution in [0.25, 0.3) is 10.9 Å². The van der Waals surface area contributed by atoms with E-state index in [2.05, 4.69) is 35.4 Å². The van der Waals surface area contributed by atoms with E-state index in [1.807, 2.05) is 37.3 Å². The van der Waals surface area contributed by atoms with Gasteiger partial charge in [0.15, 0.2) is 5.69 Å². The van der Waals surface area contributed by atoms with Gasteiger partial charge in [0.1, 0.15) is 0 Å². The van der Waals surface area contributed by atoms with Gasteiger partial charge in [-0.2, -0.15) is 0 Å². The van der Waals surface area contributed by atoms with Crippen LogP contribution in [0.4, 0.5) is 11.4 Å². The van der Waals surface area contributed by atoms with Crippen LogP contribution in [-0.4, -0.2) is 0 Å². The number of fused-ring (bicyclic) bond motifs is 1. The van der Waals surface area contributed by atoms with Crippen molar-refractivity contribution >= 4 is 33.9 Å². The van der Waals surface area contributed by atoms with Gasteiger partial charge in [-0.05, 0) is 30.7 Å². The van der Waals surface area contributed by atoms with Crippen LogP contribution in [0, 0.1) is 13.8 Å². The smallest absolute Gasteiger partial charge is 0.213 e. The first-order chi connectivity index (χ1) is 9.65. The molecule has 0 saturated heterocycles. The van der Waals surface area contributed by atoms with E-state index in [0.717, 1.165) is 38.6 Å². The number of benzene rings is 2. The summed E-state index contributed by atoms with van der Waals surface area (Å²) in [5, 5.41) is 5.43. The summed E-state index contributed by atoms with van der Waals surface area (Å²) in [7, 11) is 0. The van der Waals surface area contributed by atoms with E-state index in [4.69, 9.17) is 11.6 Å². The van der Waals surface area contributed by atoms with Gasteiger partial charge in [-0.25, -0.2) is 4.98 Å². The highest BCUT2D eigenvalue weighted by Crippen LogP contribution is 2.29. The van der Waals surface area contributed by atoms with E-state index in [9.17, 15) is 0 Å². The van der Waals surface area contributed by atoms with Crippen LogP contribution in [0.3, 0.4) is 0 Å². The molecule has 0 bridgehead atoms. The Morgan fingerprint density at radius 2 is 1.75 bits per heavy atom. The van der Waals surface area contributed by atoms with E-state index in [1.165, 1.54) is 0 Å². The summed E-state index contributed by atoms with van der Waals surface area (Å²) in [6, 6.07) is 16.3. The maximum absolute atomic E-state index is 6.18. The Balaban J connectivity index is 2.13. The molecule has 0 aliphatic carbocycles. The molecule has 3 aromatic rings. The van der Waals surface area contributed by atoms with Crippen molar-refractivity contribution in [3.63, 3.8) is 0 Å². The number of pyridine rings is 1. The van der Waals surface area contributed by atoms with Crippen molar-refractivity contribution < 1.29 is 4.98 Å². The summed E-state index contributed by atoms with van der Waals surface area (Å²) in [6.45, 7) is 4.08. The van der Waals surface area contributed by atoms with Gasteiger partial charge >= 0.3 is 0 Å². The fraction of sp³-hybridized carbons (Fsp3) is 0.118. The summed E-state index contributed by atoms with van der Waals surface area (Å²) in [6.07, 6.45) is 0. The number of para-hydroxylation sites is 1. The highest BCUT2D eigenvalue weighted by molar-refractivity contribution is 6.31. The molecule has 1 heterocycles. The lowest BCUT2D eigenvalue weighted by atomic mass is 10.1. The van der Waals surface area contributed by atoms with Gasteiger partial charge in [0.2, 0.25) is 5.52 Å². The number of anilines is 2. The van der Waals surface area contributed by atoms with E-state index < -0.39 is 0 Å². The topological polar surface area (TPSA) is 26.2 Å². The second kappa shape index (κ2) is 5.14. The molecule has 3 heteroatoms. The zero-order valence-electron chi connectivity index (χ0n) is 11.5. The monoisotopic (exact) mass is 283 g/mol. The quantitative estimate of drug-likeness (QED) is 0.727. The summed E-state index contributed by atoms with van der Waals surface area (Å²) in [5.74, 6) is 0. The first-order valence-electron chi connectivity index (χ1n) is 6.59. The van der Waals surface area contributed by atoms with Gasteiger partial charge in [-0.3, -0.25) is 0 Å². The standard InChI is InChI=1S/C17H15ClN2/c1-11-10-17(13-6-3-4-8-16(13)19-11)20-15-9-5-7-14(18)12(15)2/h3-10H,1-2H3,(H,19,20)/p+1. The molecule has 100 valence electrons. The maximum atomic E-state index is 6.18. The molecular weight excluding hydrogens is 268 g/mol. The molecule has 0 radical (unpaired) electrons. The van der Waals surface area contributed by atoms with Crippen molar-refractivity contribution in [1.29, 1.82) is 0 Å². The lowest BCUT2D eigenvalue weighted by molar-refractivity contribution is -0.354. The molecule has 20 heavy (non-hydrogen) atoms. The number of aryl methyl sites for hydroxylation is 1. The summed E-state index contributed by atoms with van der Waals surface area (Å²) in [5.41, 5.74) is 5.42. The average molecular weight is 284 g/mol. The summed E-state index contributed by atoms with van der Waals surface area (Å²) < 4.78 is 0. The minimum atomic E-state index is 0.776. The average Bonchev–Trinajstić information content (AvgIpc) is 2.43.